The van der Waals surface area contributed by atoms with E-state index in [2.05, 4.69) is 4.90 Å². The Labute approximate surface area is 102 Å². The molecule has 1 rings (SSSR count). The average Bonchev–Trinajstić information content (AvgIpc) is 2.26. The molecule has 3 nitrogen and oxygen atoms in total. The fourth-order valence-corrected chi connectivity index (χ4v) is 2.25. The van der Waals surface area contributed by atoms with Crippen LogP contribution in [0.4, 0.5) is 0 Å². The lowest BCUT2D eigenvalue weighted by Gasteiger charge is -2.38. The van der Waals surface area contributed by atoms with Gasteiger partial charge in [-0.15, -0.1) is 0 Å². The lowest BCUT2D eigenvalue weighted by molar-refractivity contribution is -0.151. The van der Waals surface area contributed by atoms with E-state index in [-0.39, 0.29) is 5.92 Å². The number of hydrogen-bond donors (Lipinski definition) is 1. The van der Waals surface area contributed by atoms with E-state index in [4.69, 9.17) is 11.6 Å². The lowest BCUT2D eigenvalue weighted by Crippen LogP contribution is -2.44. The van der Waals surface area contributed by atoms with Crippen molar-refractivity contribution in [2.45, 2.75) is 26.7 Å². The zero-order valence-corrected chi connectivity index (χ0v) is 10.7. The Morgan fingerprint density at radius 1 is 1.62 bits per heavy atom. The normalized spacial score (nSPS) is 23.8. The van der Waals surface area contributed by atoms with E-state index in [1.165, 1.54) is 5.54 Å². The Morgan fingerprint density at radius 2 is 2.31 bits per heavy atom. The molecule has 0 aliphatic carbocycles. The third-order valence-electron chi connectivity index (χ3n) is 3.53. The highest BCUT2D eigenvalue weighted by Gasteiger charge is 2.38. The molecule has 1 unspecified atom stereocenters. The van der Waals surface area contributed by atoms with Gasteiger partial charge in [0.2, 0.25) is 0 Å². The minimum atomic E-state index is -0.702. The number of carboxylic acids is 1. The monoisotopic (exact) mass is 245 g/mol. The average molecular weight is 246 g/mol. The third kappa shape index (κ3) is 3.22. The van der Waals surface area contributed by atoms with Crippen molar-refractivity contribution in [2.24, 2.45) is 11.3 Å². The van der Waals surface area contributed by atoms with Gasteiger partial charge in [0, 0.05) is 18.6 Å². The van der Waals surface area contributed by atoms with Gasteiger partial charge in [0.25, 0.3) is 0 Å². The molecule has 4 heteroatoms. The topological polar surface area (TPSA) is 40.5 Å². The van der Waals surface area contributed by atoms with E-state index in [1.54, 1.807) is 0 Å². The Balaban J connectivity index is 2.59. The maximum absolute atomic E-state index is 11.2. The maximum Gasteiger partial charge on any atom is 0.309 e. The predicted molar refractivity (Wildman–Crippen MR) is 65.6 cm³/mol. The van der Waals surface area contributed by atoms with Gasteiger partial charge in [-0.1, -0.05) is 17.7 Å². The fraction of sp³-hybridized carbons (Fsp3) is 0.750. The van der Waals surface area contributed by atoms with Gasteiger partial charge in [0.1, 0.15) is 0 Å². The highest BCUT2D eigenvalue weighted by Crippen LogP contribution is 2.34. The Bertz CT molecular complexity index is 276. The van der Waals surface area contributed by atoms with Crippen LogP contribution >= 0.6 is 11.6 Å². The van der Waals surface area contributed by atoms with Crippen molar-refractivity contribution in [3.05, 3.63) is 11.6 Å². The number of carbonyl (C=O) groups is 1. The molecule has 0 bridgehead atoms. The Kier molecular flexibility index (Phi) is 4.81. The molecule has 1 aliphatic heterocycles. The predicted octanol–water partition coefficient (Wildman–Crippen LogP) is 2.56. The second-order valence-electron chi connectivity index (χ2n) is 4.99. The molecular weight excluding hydrogens is 226 g/mol. The standard InChI is InChI=1S/C12H20ClNO2/c1-12(2,11(15)16)10-5-3-7-14(9-10)8-4-6-13/h4,6,10H,3,5,7-9H2,1-2H3,(H,15,16)/b6-4+. The van der Waals surface area contributed by atoms with Crippen LogP contribution in [0, 0.1) is 11.3 Å². The molecule has 1 aliphatic rings. The maximum atomic E-state index is 11.2. The third-order valence-corrected chi connectivity index (χ3v) is 3.71. The van der Waals surface area contributed by atoms with Crippen LogP contribution in [-0.4, -0.2) is 35.6 Å². The SMILES string of the molecule is CC(C)(C(=O)O)C1CCCN(C/C=C/Cl)C1. The highest BCUT2D eigenvalue weighted by molar-refractivity contribution is 6.25. The second-order valence-corrected chi connectivity index (χ2v) is 5.24. The minimum absolute atomic E-state index is 0.225. The molecule has 0 aromatic carbocycles. The van der Waals surface area contributed by atoms with E-state index < -0.39 is 11.4 Å². The fourth-order valence-electron chi connectivity index (χ4n) is 2.17. The van der Waals surface area contributed by atoms with E-state index in [0.29, 0.717) is 0 Å². The van der Waals surface area contributed by atoms with Gasteiger partial charge in [-0.05, 0) is 39.2 Å². The van der Waals surface area contributed by atoms with Crippen molar-refractivity contribution < 1.29 is 9.90 Å². The lowest BCUT2D eigenvalue weighted by atomic mass is 9.74. The van der Waals surface area contributed by atoms with Crippen LogP contribution in [0.15, 0.2) is 11.6 Å². The van der Waals surface area contributed by atoms with Gasteiger partial charge < -0.3 is 5.11 Å². The number of hydrogen-bond acceptors (Lipinski definition) is 2. The highest BCUT2D eigenvalue weighted by atomic mass is 35.5. The van der Waals surface area contributed by atoms with Crippen molar-refractivity contribution in [3.8, 4) is 0 Å². The molecule has 0 aromatic rings. The number of nitrogens with zero attached hydrogens (tertiary/aromatic N) is 1. The molecule has 0 amide bonds. The van der Waals surface area contributed by atoms with Crippen LogP contribution in [0.5, 0.6) is 0 Å². The van der Waals surface area contributed by atoms with Crippen LogP contribution in [-0.2, 0) is 4.79 Å². The molecule has 1 atom stereocenters. The summed E-state index contributed by atoms with van der Waals surface area (Å²) in [7, 11) is 0. The van der Waals surface area contributed by atoms with Gasteiger partial charge in [-0.25, -0.2) is 0 Å². The molecular formula is C12H20ClNO2. The van der Waals surface area contributed by atoms with Crippen molar-refractivity contribution >= 4 is 17.6 Å². The summed E-state index contributed by atoms with van der Waals surface area (Å²) >= 11 is 5.50. The summed E-state index contributed by atoms with van der Waals surface area (Å²) in [6, 6.07) is 0. The number of likely N-dealkylation sites (tertiary alicyclic amines) is 1. The first kappa shape index (κ1) is 13.5. The number of halogens is 1. The van der Waals surface area contributed by atoms with Crippen LogP contribution in [0.1, 0.15) is 26.7 Å². The summed E-state index contributed by atoms with van der Waals surface area (Å²) in [5.41, 5.74) is 0.884. The van der Waals surface area contributed by atoms with Crippen LogP contribution in [0.3, 0.4) is 0 Å². The van der Waals surface area contributed by atoms with E-state index >= 15 is 0 Å². The Morgan fingerprint density at radius 3 is 2.88 bits per heavy atom. The first-order valence-corrected chi connectivity index (χ1v) is 6.13. The van der Waals surface area contributed by atoms with Gasteiger partial charge >= 0.3 is 5.97 Å². The summed E-state index contributed by atoms with van der Waals surface area (Å²) in [6.07, 6.45) is 3.97. The quantitative estimate of drug-likeness (QED) is 0.828. The molecule has 0 spiro atoms. The zero-order chi connectivity index (χ0) is 12.2. The molecule has 1 saturated heterocycles. The second kappa shape index (κ2) is 5.69. The first-order valence-electron chi connectivity index (χ1n) is 5.69. The van der Waals surface area contributed by atoms with Gasteiger partial charge in [0.15, 0.2) is 0 Å². The van der Waals surface area contributed by atoms with E-state index in [9.17, 15) is 9.90 Å². The summed E-state index contributed by atoms with van der Waals surface area (Å²) in [5, 5.41) is 9.20. The Hall–Kier alpha value is -0.540. The van der Waals surface area contributed by atoms with Crippen molar-refractivity contribution in [1.29, 1.82) is 0 Å². The molecule has 1 N–H and O–H groups in total. The molecule has 0 aromatic heterocycles. The number of aliphatic carboxylic acids is 1. The molecule has 16 heavy (non-hydrogen) atoms. The molecule has 1 fully saturated rings. The molecule has 1 heterocycles. The largest absolute Gasteiger partial charge is 0.481 e. The smallest absolute Gasteiger partial charge is 0.309 e. The van der Waals surface area contributed by atoms with Crippen LogP contribution < -0.4 is 0 Å². The molecule has 0 radical (unpaired) electrons. The van der Waals surface area contributed by atoms with Gasteiger partial charge in [0.05, 0.1) is 5.41 Å². The van der Waals surface area contributed by atoms with Gasteiger partial charge in [-0.2, -0.15) is 0 Å². The van der Waals surface area contributed by atoms with E-state index in [0.717, 1.165) is 32.5 Å². The van der Waals surface area contributed by atoms with E-state index in [1.807, 2.05) is 19.9 Å². The summed E-state index contributed by atoms with van der Waals surface area (Å²) in [4.78, 5) is 13.4. The minimum Gasteiger partial charge on any atom is -0.481 e. The van der Waals surface area contributed by atoms with Crippen molar-refractivity contribution in [3.63, 3.8) is 0 Å². The molecule has 92 valence electrons. The van der Waals surface area contributed by atoms with Gasteiger partial charge in [-0.3, -0.25) is 9.69 Å². The summed E-state index contributed by atoms with van der Waals surface area (Å²) < 4.78 is 0. The van der Waals surface area contributed by atoms with Crippen molar-refractivity contribution in [1.82, 2.24) is 4.90 Å². The zero-order valence-electron chi connectivity index (χ0n) is 9.95. The number of piperidine rings is 1. The van der Waals surface area contributed by atoms with Crippen LogP contribution in [0.25, 0.3) is 0 Å². The number of rotatable bonds is 4. The summed E-state index contributed by atoms with van der Waals surface area (Å²) in [6.45, 7) is 6.34. The van der Waals surface area contributed by atoms with Crippen LogP contribution in [0.2, 0.25) is 0 Å². The first-order chi connectivity index (χ1) is 7.48. The summed E-state index contributed by atoms with van der Waals surface area (Å²) in [5.74, 6) is -0.477. The number of carboxylic acid groups (broad SMARTS) is 1. The molecule has 0 saturated carbocycles. The van der Waals surface area contributed by atoms with Crippen molar-refractivity contribution in [2.75, 3.05) is 19.6 Å².